The third-order valence-electron chi connectivity index (χ3n) is 1.51. The first kappa shape index (κ1) is 10.8. The lowest BCUT2D eigenvalue weighted by atomic mass is 10.2. The molecule has 2 N–H and O–H groups in total. The van der Waals surface area contributed by atoms with Gasteiger partial charge >= 0.3 is 0 Å². The van der Waals surface area contributed by atoms with Crippen LogP contribution in [0.3, 0.4) is 0 Å². The fourth-order valence-electron chi connectivity index (χ4n) is 0.903. The summed E-state index contributed by atoms with van der Waals surface area (Å²) in [4.78, 5) is 0. The lowest BCUT2D eigenvalue weighted by molar-refractivity contribution is 0.128. The van der Waals surface area contributed by atoms with E-state index in [1.807, 2.05) is 6.07 Å². The molecule has 0 saturated carbocycles. The molecule has 0 aliphatic carbocycles. The fraction of sp³-hybridized carbons (Fsp3) is 0.333. The highest BCUT2D eigenvalue weighted by atomic mass is 35.5. The van der Waals surface area contributed by atoms with Crippen LogP contribution in [0.15, 0.2) is 18.2 Å². The molecule has 0 fully saturated rings. The van der Waals surface area contributed by atoms with Crippen molar-refractivity contribution >= 4 is 23.2 Å². The zero-order chi connectivity index (χ0) is 9.68. The normalized spacial score (nSPS) is 10.4. The Hall–Kier alpha value is -0.280. The first-order valence-corrected chi connectivity index (χ1v) is 4.71. The second kappa shape index (κ2) is 5.45. The molecule has 13 heavy (non-hydrogen) atoms. The van der Waals surface area contributed by atoms with E-state index >= 15 is 0 Å². The molecule has 2 nitrogen and oxygen atoms in total. The van der Waals surface area contributed by atoms with Crippen molar-refractivity contribution in [2.75, 3.05) is 13.2 Å². The highest BCUT2D eigenvalue weighted by Crippen LogP contribution is 2.22. The van der Waals surface area contributed by atoms with Crippen LogP contribution in [0.4, 0.5) is 0 Å². The quantitative estimate of drug-likeness (QED) is 0.791. The average Bonchev–Trinajstić information content (AvgIpc) is 2.12. The number of ether oxygens (including phenoxy) is 1. The van der Waals surface area contributed by atoms with Gasteiger partial charge in [-0.05, 0) is 17.7 Å². The predicted molar refractivity (Wildman–Crippen MR) is 55.2 cm³/mol. The van der Waals surface area contributed by atoms with Gasteiger partial charge in [0, 0.05) is 6.54 Å². The minimum atomic E-state index is 0.522. The Morgan fingerprint density at radius 3 is 2.62 bits per heavy atom. The van der Waals surface area contributed by atoms with Gasteiger partial charge < -0.3 is 10.5 Å². The van der Waals surface area contributed by atoms with Crippen molar-refractivity contribution in [1.82, 2.24) is 0 Å². The third-order valence-corrected chi connectivity index (χ3v) is 2.25. The molecule has 0 atom stereocenters. The molecule has 1 aromatic carbocycles. The molecule has 1 rings (SSSR count). The second-order valence-corrected chi connectivity index (χ2v) is 3.40. The standard InChI is InChI=1S/C9H11Cl2NO/c10-8-2-1-7(5-9(8)11)6-13-4-3-12/h1-2,5H,3-4,6,12H2. The summed E-state index contributed by atoms with van der Waals surface area (Å²) in [7, 11) is 0. The predicted octanol–water partition coefficient (Wildman–Crippen LogP) is 2.47. The summed E-state index contributed by atoms with van der Waals surface area (Å²) in [5.74, 6) is 0. The first-order chi connectivity index (χ1) is 6.24. The van der Waals surface area contributed by atoms with E-state index in [9.17, 15) is 0 Å². The van der Waals surface area contributed by atoms with E-state index in [1.165, 1.54) is 0 Å². The van der Waals surface area contributed by atoms with Crippen LogP contribution in [0.1, 0.15) is 5.56 Å². The van der Waals surface area contributed by atoms with Crippen molar-refractivity contribution in [2.45, 2.75) is 6.61 Å². The highest BCUT2D eigenvalue weighted by molar-refractivity contribution is 6.41. The molecule has 1 aromatic rings. The van der Waals surface area contributed by atoms with Gasteiger partial charge in [-0.25, -0.2) is 0 Å². The zero-order valence-corrected chi connectivity index (χ0v) is 8.61. The number of nitrogens with two attached hydrogens (primary N) is 1. The maximum Gasteiger partial charge on any atom is 0.0718 e. The molecule has 72 valence electrons. The number of benzene rings is 1. The van der Waals surface area contributed by atoms with Crippen LogP contribution in [0.25, 0.3) is 0 Å². The molecule has 0 radical (unpaired) electrons. The molecule has 0 spiro atoms. The van der Waals surface area contributed by atoms with Gasteiger partial charge in [0.25, 0.3) is 0 Å². The molecular weight excluding hydrogens is 209 g/mol. The summed E-state index contributed by atoms with van der Waals surface area (Å²) in [5.41, 5.74) is 6.28. The van der Waals surface area contributed by atoms with Crippen LogP contribution >= 0.6 is 23.2 Å². The van der Waals surface area contributed by atoms with Gasteiger partial charge in [-0.15, -0.1) is 0 Å². The highest BCUT2D eigenvalue weighted by Gasteiger charge is 1.98. The third kappa shape index (κ3) is 3.53. The van der Waals surface area contributed by atoms with Gasteiger partial charge in [-0.3, -0.25) is 0 Å². The Morgan fingerprint density at radius 1 is 1.23 bits per heavy atom. The van der Waals surface area contributed by atoms with Gasteiger partial charge in [0.2, 0.25) is 0 Å². The van der Waals surface area contributed by atoms with Crippen LogP contribution in [-0.2, 0) is 11.3 Å². The van der Waals surface area contributed by atoms with Crippen LogP contribution < -0.4 is 5.73 Å². The summed E-state index contributed by atoms with van der Waals surface area (Å²) >= 11 is 11.6. The average molecular weight is 220 g/mol. The number of rotatable bonds is 4. The lowest BCUT2D eigenvalue weighted by Gasteiger charge is -2.03. The van der Waals surface area contributed by atoms with E-state index in [1.54, 1.807) is 12.1 Å². The summed E-state index contributed by atoms with van der Waals surface area (Å²) in [6.45, 7) is 1.61. The van der Waals surface area contributed by atoms with Gasteiger partial charge in [-0.1, -0.05) is 29.3 Å². The van der Waals surface area contributed by atoms with Crippen LogP contribution in [0, 0.1) is 0 Å². The summed E-state index contributed by atoms with van der Waals surface area (Å²) in [5, 5.41) is 1.11. The summed E-state index contributed by atoms with van der Waals surface area (Å²) < 4.78 is 5.24. The van der Waals surface area contributed by atoms with Gasteiger partial charge in [0.05, 0.1) is 23.3 Å². The molecule has 0 saturated heterocycles. The molecular formula is C9H11Cl2NO. The Bertz CT molecular complexity index is 278. The van der Waals surface area contributed by atoms with Gasteiger partial charge in [0.1, 0.15) is 0 Å². The molecule has 0 aliphatic rings. The van der Waals surface area contributed by atoms with Crippen LogP contribution in [-0.4, -0.2) is 13.2 Å². The van der Waals surface area contributed by atoms with Crippen molar-refractivity contribution in [2.24, 2.45) is 5.73 Å². The zero-order valence-electron chi connectivity index (χ0n) is 7.09. The van der Waals surface area contributed by atoms with E-state index in [2.05, 4.69) is 0 Å². The van der Waals surface area contributed by atoms with Crippen LogP contribution in [0.5, 0.6) is 0 Å². The van der Waals surface area contributed by atoms with Crippen molar-refractivity contribution in [3.05, 3.63) is 33.8 Å². The Morgan fingerprint density at radius 2 is 2.00 bits per heavy atom. The van der Waals surface area contributed by atoms with Crippen molar-refractivity contribution < 1.29 is 4.74 Å². The van der Waals surface area contributed by atoms with E-state index in [0.29, 0.717) is 29.8 Å². The number of hydrogen-bond donors (Lipinski definition) is 1. The molecule has 0 bridgehead atoms. The largest absolute Gasteiger partial charge is 0.375 e. The number of hydrogen-bond acceptors (Lipinski definition) is 2. The SMILES string of the molecule is NCCOCc1ccc(Cl)c(Cl)c1. The topological polar surface area (TPSA) is 35.2 Å². The van der Waals surface area contributed by atoms with Gasteiger partial charge in [-0.2, -0.15) is 0 Å². The molecule has 4 heteroatoms. The van der Waals surface area contributed by atoms with Crippen molar-refractivity contribution in [1.29, 1.82) is 0 Å². The van der Waals surface area contributed by atoms with Crippen molar-refractivity contribution in [3.63, 3.8) is 0 Å². The summed E-state index contributed by atoms with van der Waals surface area (Å²) in [6.07, 6.45) is 0. The van der Waals surface area contributed by atoms with Crippen molar-refractivity contribution in [3.8, 4) is 0 Å². The summed E-state index contributed by atoms with van der Waals surface area (Å²) in [6, 6.07) is 5.43. The smallest absolute Gasteiger partial charge is 0.0718 e. The molecule has 0 heterocycles. The number of halogens is 2. The van der Waals surface area contributed by atoms with E-state index < -0.39 is 0 Å². The lowest BCUT2D eigenvalue weighted by Crippen LogP contribution is -2.08. The monoisotopic (exact) mass is 219 g/mol. The maximum atomic E-state index is 5.81. The Balaban J connectivity index is 2.53. The van der Waals surface area contributed by atoms with E-state index in [4.69, 9.17) is 33.7 Å². The minimum absolute atomic E-state index is 0.522. The Kier molecular flexibility index (Phi) is 4.53. The first-order valence-electron chi connectivity index (χ1n) is 3.96. The van der Waals surface area contributed by atoms with Crippen LogP contribution in [0.2, 0.25) is 10.0 Å². The van der Waals surface area contributed by atoms with E-state index in [-0.39, 0.29) is 0 Å². The minimum Gasteiger partial charge on any atom is -0.375 e. The Labute approximate surface area is 87.6 Å². The van der Waals surface area contributed by atoms with E-state index in [0.717, 1.165) is 5.56 Å². The fourth-order valence-corrected chi connectivity index (χ4v) is 1.22. The second-order valence-electron chi connectivity index (χ2n) is 2.59. The van der Waals surface area contributed by atoms with Gasteiger partial charge in [0.15, 0.2) is 0 Å². The molecule has 0 aliphatic heterocycles. The molecule has 0 amide bonds. The maximum absolute atomic E-state index is 5.81. The molecule has 0 unspecified atom stereocenters. The molecule has 0 aromatic heterocycles.